The lowest BCUT2D eigenvalue weighted by Gasteiger charge is -2.23. The smallest absolute Gasteiger partial charge is 0.278 e. The van der Waals surface area contributed by atoms with Crippen LogP contribution in [0.5, 0.6) is 0 Å². The highest BCUT2D eigenvalue weighted by Crippen LogP contribution is 2.29. The van der Waals surface area contributed by atoms with E-state index in [0.717, 1.165) is 31.5 Å². The summed E-state index contributed by atoms with van der Waals surface area (Å²) < 4.78 is 18.8. The lowest BCUT2D eigenvalue weighted by atomic mass is 9.90. The van der Waals surface area contributed by atoms with E-state index in [4.69, 9.17) is 0 Å². The zero-order valence-corrected chi connectivity index (χ0v) is 20.8. The molecule has 0 aliphatic carbocycles. The number of benzene rings is 1. The van der Waals surface area contributed by atoms with Gasteiger partial charge in [0.15, 0.2) is 11.5 Å². The van der Waals surface area contributed by atoms with Gasteiger partial charge >= 0.3 is 0 Å². The second-order valence-corrected chi connectivity index (χ2v) is 9.41. The SMILES string of the molecule is C=CCn1c(=O)c2cnc(Nc3cc(F)cc(C4CCNCC4)c3)nc2n1-c1ccc(=O)n(C(C)C)n1. The van der Waals surface area contributed by atoms with Crippen LogP contribution < -0.4 is 21.8 Å². The van der Waals surface area contributed by atoms with Crippen molar-refractivity contribution in [2.45, 2.75) is 45.2 Å². The van der Waals surface area contributed by atoms with Crippen LogP contribution in [0, 0.1) is 5.82 Å². The number of rotatable bonds is 7. The van der Waals surface area contributed by atoms with Crippen LogP contribution in [0.1, 0.15) is 44.2 Å². The monoisotopic (exact) mass is 504 g/mol. The molecule has 11 heteroatoms. The van der Waals surface area contributed by atoms with E-state index in [2.05, 4.69) is 32.3 Å². The van der Waals surface area contributed by atoms with Gasteiger partial charge in [0.25, 0.3) is 11.1 Å². The van der Waals surface area contributed by atoms with E-state index in [0.29, 0.717) is 17.2 Å². The van der Waals surface area contributed by atoms with Gasteiger partial charge in [-0.1, -0.05) is 6.08 Å². The summed E-state index contributed by atoms with van der Waals surface area (Å²) in [6, 6.07) is 7.67. The quantitative estimate of drug-likeness (QED) is 0.372. The first-order chi connectivity index (χ1) is 17.9. The number of nitrogens with one attached hydrogen (secondary N) is 2. The predicted octanol–water partition coefficient (Wildman–Crippen LogP) is 3.26. The Morgan fingerprint density at radius 1 is 1.22 bits per heavy atom. The molecule has 1 aliphatic rings. The number of fused-ring (bicyclic) bond motifs is 1. The van der Waals surface area contributed by atoms with Gasteiger partial charge in [-0.05, 0) is 75.5 Å². The Kier molecular flexibility index (Phi) is 6.70. The Bertz CT molecular complexity index is 1580. The minimum absolute atomic E-state index is 0.178. The molecule has 1 fully saturated rings. The van der Waals surface area contributed by atoms with Crippen LogP contribution in [0.15, 0.2) is 58.8 Å². The van der Waals surface area contributed by atoms with Gasteiger partial charge in [0.1, 0.15) is 11.2 Å². The van der Waals surface area contributed by atoms with Gasteiger partial charge in [-0.15, -0.1) is 11.7 Å². The second-order valence-electron chi connectivity index (χ2n) is 9.41. The van der Waals surface area contributed by atoms with E-state index in [1.54, 1.807) is 22.9 Å². The molecule has 0 spiro atoms. The third-order valence-electron chi connectivity index (χ3n) is 6.48. The van der Waals surface area contributed by atoms with Crippen molar-refractivity contribution in [2.24, 2.45) is 0 Å². The van der Waals surface area contributed by atoms with Crippen molar-refractivity contribution in [1.29, 1.82) is 0 Å². The van der Waals surface area contributed by atoms with Crippen LogP contribution in [0.25, 0.3) is 16.9 Å². The van der Waals surface area contributed by atoms with Gasteiger partial charge in [0, 0.05) is 18.0 Å². The molecule has 1 aromatic carbocycles. The van der Waals surface area contributed by atoms with E-state index in [1.807, 2.05) is 19.9 Å². The number of anilines is 2. The summed E-state index contributed by atoms with van der Waals surface area (Å²) in [7, 11) is 0. The lowest BCUT2D eigenvalue weighted by Crippen LogP contribution is -2.28. The molecule has 0 amide bonds. The normalized spacial score (nSPS) is 14.4. The van der Waals surface area contributed by atoms with Crippen molar-refractivity contribution >= 4 is 22.7 Å². The summed E-state index contributed by atoms with van der Waals surface area (Å²) in [5.74, 6) is 0.498. The van der Waals surface area contributed by atoms with Crippen molar-refractivity contribution in [1.82, 2.24) is 34.4 Å². The molecule has 4 aromatic rings. The predicted molar refractivity (Wildman–Crippen MR) is 140 cm³/mol. The average Bonchev–Trinajstić information content (AvgIpc) is 3.15. The summed E-state index contributed by atoms with van der Waals surface area (Å²) in [5.41, 5.74) is 1.20. The number of hydrogen-bond acceptors (Lipinski definition) is 7. The largest absolute Gasteiger partial charge is 0.324 e. The molecule has 3 aromatic heterocycles. The Morgan fingerprint density at radius 3 is 2.73 bits per heavy atom. The summed E-state index contributed by atoms with van der Waals surface area (Å²) in [5, 5.41) is 11.2. The molecule has 10 nitrogen and oxygen atoms in total. The highest BCUT2D eigenvalue weighted by Gasteiger charge is 2.20. The molecular weight excluding hydrogens is 475 g/mol. The maximum atomic E-state index is 14.5. The Hall–Kier alpha value is -4.12. The van der Waals surface area contributed by atoms with E-state index in [-0.39, 0.29) is 46.8 Å². The third-order valence-corrected chi connectivity index (χ3v) is 6.48. The molecule has 4 heterocycles. The molecule has 1 saturated heterocycles. The number of allylic oxidation sites excluding steroid dienone is 1. The summed E-state index contributed by atoms with van der Waals surface area (Å²) in [6.45, 7) is 9.46. The molecule has 2 N–H and O–H groups in total. The minimum Gasteiger partial charge on any atom is -0.324 e. The van der Waals surface area contributed by atoms with E-state index in [1.165, 1.54) is 27.7 Å². The fourth-order valence-electron chi connectivity index (χ4n) is 4.71. The summed E-state index contributed by atoms with van der Waals surface area (Å²) in [6.07, 6.45) is 4.92. The van der Waals surface area contributed by atoms with Crippen LogP contribution in [0.2, 0.25) is 0 Å². The van der Waals surface area contributed by atoms with Gasteiger partial charge in [0.2, 0.25) is 5.95 Å². The van der Waals surface area contributed by atoms with Crippen LogP contribution in [0.3, 0.4) is 0 Å². The topological polar surface area (TPSA) is 112 Å². The number of halogens is 1. The van der Waals surface area contributed by atoms with Gasteiger partial charge < -0.3 is 10.6 Å². The van der Waals surface area contributed by atoms with E-state index >= 15 is 0 Å². The molecule has 0 unspecified atom stereocenters. The van der Waals surface area contributed by atoms with Gasteiger partial charge in [0.05, 0.1) is 12.6 Å². The first-order valence-electron chi connectivity index (χ1n) is 12.3. The van der Waals surface area contributed by atoms with Gasteiger partial charge in [-0.2, -0.15) is 4.98 Å². The average molecular weight is 505 g/mol. The fraction of sp³-hybridized carbons (Fsp3) is 0.346. The third kappa shape index (κ3) is 4.82. The Balaban J connectivity index is 1.60. The number of nitrogens with zero attached hydrogens (tertiary/aromatic N) is 6. The van der Waals surface area contributed by atoms with Gasteiger partial charge in [-0.25, -0.2) is 23.4 Å². The molecule has 5 rings (SSSR count). The standard InChI is InChI=1S/C26H29FN8O2/c1-4-11-33-25(37)21-15-29-26(30-20-13-18(12-19(27)14-20)17-7-9-28-10-8-17)31-24(21)35(33)22-5-6-23(36)34(32-22)16(2)3/h4-6,12-17,28H,1,7-11H2,2-3H3,(H,29,30,31). The summed E-state index contributed by atoms with van der Waals surface area (Å²) >= 11 is 0. The van der Waals surface area contributed by atoms with Crippen molar-refractivity contribution in [3.63, 3.8) is 0 Å². The number of piperidine rings is 1. The first kappa shape index (κ1) is 24.6. The molecule has 192 valence electrons. The van der Waals surface area contributed by atoms with Crippen LogP contribution >= 0.6 is 0 Å². The maximum Gasteiger partial charge on any atom is 0.278 e. The van der Waals surface area contributed by atoms with Crippen molar-refractivity contribution in [3.05, 3.63) is 81.3 Å². The maximum absolute atomic E-state index is 14.5. The van der Waals surface area contributed by atoms with Gasteiger partial charge in [-0.3, -0.25) is 9.59 Å². The number of aromatic nitrogens is 6. The fourth-order valence-corrected chi connectivity index (χ4v) is 4.71. The second kappa shape index (κ2) is 10.1. The highest BCUT2D eigenvalue weighted by atomic mass is 19.1. The number of hydrogen-bond donors (Lipinski definition) is 2. The van der Waals surface area contributed by atoms with Crippen molar-refractivity contribution in [2.75, 3.05) is 18.4 Å². The minimum atomic E-state index is -0.339. The van der Waals surface area contributed by atoms with E-state index in [9.17, 15) is 14.0 Å². The lowest BCUT2D eigenvalue weighted by molar-refractivity contribution is 0.458. The zero-order valence-electron chi connectivity index (χ0n) is 20.8. The molecule has 0 bridgehead atoms. The van der Waals surface area contributed by atoms with E-state index < -0.39 is 0 Å². The molecule has 0 radical (unpaired) electrons. The molecule has 0 saturated carbocycles. The highest BCUT2D eigenvalue weighted by molar-refractivity contribution is 5.77. The molecule has 1 aliphatic heterocycles. The van der Waals surface area contributed by atoms with Crippen LogP contribution in [0.4, 0.5) is 16.0 Å². The van der Waals surface area contributed by atoms with Crippen LogP contribution in [-0.4, -0.2) is 42.2 Å². The van der Waals surface area contributed by atoms with Crippen LogP contribution in [-0.2, 0) is 6.54 Å². The molecular formula is C26H29FN8O2. The summed E-state index contributed by atoms with van der Waals surface area (Å²) in [4.78, 5) is 34.4. The Morgan fingerprint density at radius 2 is 2.00 bits per heavy atom. The molecule has 0 atom stereocenters. The first-order valence-corrected chi connectivity index (χ1v) is 12.3. The Labute approximate surface area is 212 Å². The molecule has 37 heavy (non-hydrogen) atoms. The van der Waals surface area contributed by atoms with Crippen molar-refractivity contribution in [3.8, 4) is 5.82 Å². The zero-order chi connectivity index (χ0) is 26.1. The van der Waals surface area contributed by atoms with Crippen molar-refractivity contribution < 1.29 is 4.39 Å².